The van der Waals surface area contributed by atoms with Gasteiger partial charge in [0.05, 0.1) is 26.4 Å². The van der Waals surface area contributed by atoms with Gasteiger partial charge in [0.15, 0.2) is 5.82 Å². The van der Waals surface area contributed by atoms with Gasteiger partial charge in [-0.15, -0.1) is 5.10 Å². The fraction of sp³-hybridized carbons (Fsp3) is 0.312. The van der Waals surface area contributed by atoms with Crippen LogP contribution in [0.1, 0.15) is 6.04 Å². The molecule has 4 rings (SSSR count). The molecule has 0 radical (unpaired) electrons. The number of ether oxygens (including phenoxy) is 2. The van der Waals surface area contributed by atoms with E-state index in [4.69, 9.17) is 9.47 Å². The third kappa shape index (κ3) is 3.14. The van der Waals surface area contributed by atoms with Crippen LogP contribution in [-0.4, -0.2) is 55.9 Å². The van der Waals surface area contributed by atoms with Gasteiger partial charge in [-0.1, -0.05) is 0 Å². The fourth-order valence-electron chi connectivity index (χ4n) is 2.79. The molecule has 26 heavy (non-hydrogen) atoms. The molecule has 0 spiro atoms. The van der Waals surface area contributed by atoms with Gasteiger partial charge in [-0.2, -0.15) is 10.1 Å². The Morgan fingerprint density at radius 1 is 1.27 bits per heavy atom. The van der Waals surface area contributed by atoms with Crippen LogP contribution in [0.2, 0.25) is 0 Å². The van der Waals surface area contributed by atoms with Crippen molar-refractivity contribution in [3.8, 4) is 11.7 Å². The molecule has 2 unspecified atom stereocenters. The van der Waals surface area contributed by atoms with E-state index in [0.29, 0.717) is 30.9 Å². The second-order valence-electron chi connectivity index (χ2n) is 5.70. The highest BCUT2D eigenvalue weighted by atomic mass is 16.5. The van der Waals surface area contributed by atoms with Crippen LogP contribution in [0.3, 0.4) is 0 Å². The van der Waals surface area contributed by atoms with Crippen LogP contribution in [0.25, 0.3) is 5.82 Å². The summed E-state index contributed by atoms with van der Waals surface area (Å²) in [5, 5.41) is 11.8. The van der Waals surface area contributed by atoms with Gasteiger partial charge in [-0.3, -0.25) is 4.79 Å². The lowest BCUT2D eigenvalue weighted by Crippen LogP contribution is -2.38. The summed E-state index contributed by atoms with van der Waals surface area (Å²) >= 11 is 0. The Hall–Kier alpha value is -3.27. The molecule has 0 aliphatic carbocycles. The van der Waals surface area contributed by atoms with Gasteiger partial charge >= 0.3 is 0 Å². The Balaban J connectivity index is 1.62. The molecule has 1 aliphatic heterocycles. The lowest BCUT2D eigenvalue weighted by molar-refractivity contribution is 0.182. The lowest BCUT2D eigenvalue weighted by Gasteiger charge is -2.20. The van der Waals surface area contributed by atoms with E-state index in [0.717, 1.165) is 0 Å². The number of rotatable bonds is 5. The average molecular weight is 355 g/mol. The van der Waals surface area contributed by atoms with Crippen LogP contribution in [0, 0.1) is 0 Å². The van der Waals surface area contributed by atoms with Crippen molar-refractivity contribution < 1.29 is 9.47 Å². The molecule has 10 nitrogen and oxygen atoms in total. The van der Waals surface area contributed by atoms with Crippen molar-refractivity contribution in [3.05, 3.63) is 53.2 Å². The number of hydrogen-bond acceptors (Lipinski definition) is 8. The van der Waals surface area contributed by atoms with Crippen molar-refractivity contribution in [2.24, 2.45) is 0 Å². The number of hydrogen-bond donors (Lipinski definition) is 1. The summed E-state index contributed by atoms with van der Waals surface area (Å²) in [7, 11) is 1.54. The first kappa shape index (κ1) is 16.2. The number of anilines is 1. The molecule has 3 aromatic rings. The number of nitrogens with zero attached hydrogens (tertiary/aromatic N) is 6. The number of nitrogens with one attached hydrogen (secondary N) is 1. The minimum absolute atomic E-state index is 0.208. The Morgan fingerprint density at radius 3 is 3.00 bits per heavy atom. The fourth-order valence-corrected chi connectivity index (χ4v) is 2.79. The van der Waals surface area contributed by atoms with Crippen LogP contribution in [0.5, 0.6) is 5.88 Å². The molecule has 1 fully saturated rings. The number of methoxy groups -OCH3 is 1. The normalized spacial score (nSPS) is 19.4. The molecule has 0 aromatic carbocycles. The molecule has 0 saturated carbocycles. The van der Waals surface area contributed by atoms with E-state index >= 15 is 0 Å². The summed E-state index contributed by atoms with van der Waals surface area (Å²) in [6, 6.07) is 6.05. The van der Waals surface area contributed by atoms with Crippen molar-refractivity contribution in [2.75, 3.05) is 25.6 Å². The summed E-state index contributed by atoms with van der Waals surface area (Å²) in [4.78, 5) is 20.8. The molecule has 1 aliphatic rings. The molecular formula is C16H17N7O3. The van der Waals surface area contributed by atoms with Crippen molar-refractivity contribution in [1.82, 2.24) is 29.5 Å². The second kappa shape index (κ2) is 6.92. The van der Waals surface area contributed by atoms with E-state index in [2.05, 4.69) is 25.5 Å². The quantitative estimate of drug-likeness (QED) is 0.695. The van der Waals surface area contributed by atoms with Crippen molar-refractivity contribution >= 4 is 5.95 Å². The van der Waals surface area contributed by atoms with Gasteiger partial charge in [0, 0.05) is 30.7 Å². The standard InChI is InChI=1S/C16H17N7O3/c1-25-14-5-7-17-16(20-14)19-11-9-26-10-12(11)23-15(24)4-3-13(21-23)22-8-2-6-18-22/h2-8,11-12H,9-10H2,1H3,(H,17,19,20). The average Bonchev–Trinajstić information content (AvgIpc) is 3.34. The van der Waals surface area contributed by atoms with Crippen LogP contribution in [0.4, 0.5) is 5.95 Å². The first-order valence-electron chi connectivity index (χ1n) is 8.06. The Bertz CT molecular complexity index is 941. The van der Waals surface area contributed by atoms with E-state index in [1.165, 1.54) is 17.9 Å². The SMILES string of the molecule is COc1ccnc(NC2COCC2n2nc(-n3cccn3)ccc2=O)n1. The molecule has 2 atom stereocenters. The summed E-state index contributed by atoms with van der Waals surface area (Å²) in [6.07, 6.45) is 5.02. The summed E-state index contributed by atoms with van der Waals surface area (Å²) in [6.45, 7) is 0.766. The van der Waals surface area contributed by atoms with Crippen molar-refractivity contribution in [3.63, 3.8) is 0 Å². The van der Waals surface area contributed by atoms with E-state index in [9.17, 15) is 4.79 Å². The highest BCUT2D eigenvalue weighted by Crippen LogP contribution is 2.21. The summed E-state index contributed by atoms with van der Waals surface area (Å²) < 4.78 is 13.7. The molecule has 0 bridgehead atoms. The first-order valence-corrected chi connectivity index (χ1v) is 8.06. The number of aromatic nitrogens is 6. The summed E-state index contributed by atoms with van der Waals surface area (Å²) in [5.41, 5.74) is -0.213. The largest absolute Gasteiger partial charge is 0.481 e. The maximum absolute atomic E-state index is 12.4. The topological polar surface area (TPSA) is 109 Å². The highest BCUT2D eigenvalue weighted by Gasteiger charge is 2.32. The van der Waals surface area contributed by atoms with E-state index in [-0.39, 0.29) is 17.6 Å². The molecule has 3 aromatic heterocycles. The van der Waals surface area contributed by atoms with Crippen LogP contribution in [-0.2, 0) is 4.74 Å². The van der Waals surface area contributed by atoms with Crippen LogP contribution >= 0.6 is 0 Å². The van der Waals surface area contributed by atoms with E-state index in [1.807, 2.05) is 0 Å². The molecule has 4 heterocycles. The first-order chi connectivity index (χ1) is 12.7. The highest BCUT2D eigenvalue weighted by molar-refractivity contribution is 5.30. The molecule has 0 amide bonds. The predicted molar refractivity (Wildman–Crippen MR) is 91.5 cm³/mol. The van der Waals surface area contributed by atoms with Crippen molar-refractivity contribution in [2.45, 2.75) is 12.1 Å². The molecule has 1 saturated heterocycles. The van der Waals surface area contributed by atoms with Crippen LogP contribution < -0.4 is 15.6 Å². The maximum atomic E-state index is 12.4. The molecular weight excluding hydrogens is 338 g/mol. The third-order valence-corrected chi connectivity index (χ3v) is 4.07. The van der Waals surface area contributed by atoms with Gasteiger partial charge in [-0.05, 0) is 12.1 Å². The maximum Gasteiger partial charge on any atom is 0.267 e. The summed E-state index contributed by atoms with van der Waals surface area (Å²) in [5.74, 6) is 1.41. The zero-order chi connectivity index (χ0) is 17.9. The molecule has 134 valence electrons. The van der Waals surface area contributed by atoms with Crippen LogP contribution in [0.15, 0.2) is 47.7 Å². The smallest absolute Gasteiger partial charge is 0.267 e. The Kier molecular flexibility index (Phi) is 4.32. The van der Waals surface area contributed by atoms with E-state index < -0.39 is 0 Å². The zero-order valence-corrected chi connectivity index (χ0v) is 14.0. The van der Waals surface area contributed by atoms with Gasteiger partial charge in [-0.25, -0.2) is 14.3 Å². The second-order valence-corrected chi connectivity index (χ2v) is 5.70. The minimum Gasteiger partial charge on any atom is -0.481 e. The van der Waals surface area contributed by atoms with Gasteiger partial charge in [0.25, 0.3) is 5.56 Å². The van der Waals surface area contributed by atoms with Gasteiger partial charge < -0.3 is 14.8 Å². The molecule has 1 N–H and O–H groups in total. The van der Waals surface area contributed by atoms with Crippen molar-refractivity contribution in [1.29, 1.82) is 0 Å². The predicted octanol–water partition coefficient (Wildman–Crippen LogP) is 0.280. The Labute approximate surface area is 148 Å². The molecule has 10 heteroatoms. The third-order valence-electron chi connectivity index (χ3n) is 4.07. The monoisotopic (exact) mass is 355 g/mol. The lowest BCUT2D eigenvalue weighted by atomic mass is 10.2. The minimum atomic E-state index is -0.298. The van der Waals surface area contributed by atoms with Gasteiger partial charge in [0.2, 0.25) is 11.8 Å². The van der Waals surface area contributed by atoms with E-state index in [1.54, 1.807) is 41.5 Å². The zero-order valence-electron chi connectivity index (χ0n) is 14.0. The Morgan fingerprint density at radius 2 is 2.19 bits per heavy atom. The van der Waals surface area contributed by atoms with Gasteiger partial charge in [0.1, 0.15) is 6.04 Å².